The largest absolute Gasteiger partial charge is 0.494 e. The Bertz CT molecular complexity index is 718. The van der Waals surface area contributed by atoms with Gasteiger partial charge in [0.2, 0.25) is 11.8 Å². The van der Waals surface area contributed by atoms with Crippen molar-refractivity contribution in [3.63, 3.8) is 0 Å². The Kier molecular flexibility index (Phi) is 4.61. The van der Waals surface area contributed by atoms with Crippen molar-refractivity contribution in [2.24, 2.45) is 5.92 Å². The fourth-order valence-electron chi connectivity index (χ4n) is 3.26. The van der Waals surface area contributed by atoms with Crippen LogP contribution in [0, 0.1) is 11.7 Å². The topological polar surface area (TPSA) is 79.0 Å². The Morgan fingerprint density at radius 2 is 2.00 bits per heavy atom. The Morgan fingerprint density at radius 3 is 2.64 bits per heavy atom. The van der Waals surface area contributed by atoms with Gasteiger partial charge in [0, 0.05) is 38.7 Å². The van der Waals surface area contributed by atoms with Gasteiger partial charge in [-0.25, -0.2) is 4.39 Å². The molecular formula is C17H20FN3O4. The average molecular weight is 349 g/mol. The van der Waals surface area contributed by atoms with Crippen molar-refractivity contribution >= 4 is 17.7 Å². The number of likely N-dealkylation sites (tertiary alicyclic amines) is 2. The molecule has 2 saturated heterocycles. The second-order valence-electron chi connectivity index (χ2n) is 6.27. The highest BCUT2D eigenvalue weighted by Crippen LogP contribution is 2.27. The first-order valence-corrected chi connectivity index (χ1v) is 8.08. The van der Waals surface area contributed by atoms with Gasteiger partial charge in [0.1, 0.15) is 0 Å². The van der Waals surface area contributed by atoms with Gasteiger partial charge in [0.25, 0.3) is 5.91 Å². The molecule has 0 aromatic heterocycles. The van der Waals surface area contributed by atoms with E-state index in [1.165, 1.54) is 25.3 Å². The van der Waals surface area contributed by atoms with Crippen LogP contribution in [0.25, 0.3) is 0 Å². The lowest BCUT2D eigenvalue weighted by Gasteiger charge is -2.44. The SMILES string of the molecule is CNC(=O)C1CC(=O)N(C2CN(C(=O)c3ccc(F)c(OC)c3)C2)C1. The molecule has 0 aliphatic carbocycles. The zero-order chi connectivity index (χ0) is 18.1. The number of amides is 3. The number of ether oxygens (including phenoxy) is 1. The van der Waals surface area contributed by atoms with E-state index >= 15 is 0 Å². The first-order chi connectivity index (χ1) is 11.9. The third kappa shape index (κ3) is 3.16. The third-order valence-electron chi connectivity index (χ3n) is 4.76. The van der Waals surface area contributed by atoms with Crippen LogP contribution >= 0.6 is 0 Å². The van der Waals surface area contributed by atoms with E-state index in [0.717, 1.165) is 0 Å². The molecule has 0 saturated carbocycles. The summed E-state index contributed by atoms with van der Waals surface area (Å²) in [6.45, 7) is 1.20. The van der Waals surface area contributed by atoms with Crippen molar-refractivity contribution in [3.05, 3.63) is 29.6 Å². The van der Waals surface area contributed by atoms with Crippen molar-refractivity contribution in [2.45, 2.75) is 12.5 Å². The second-order valence-corrected chi connectivity index (χ2v) is 6.27. The molecule has 2 fully saturated rings. The zero-order valence-corrected chi connectivity index (χ0v) is 14.1. The number of halogens is 1. The zero-order valence-electron chi connectivity index (χ0n) is 14.1. The smallest absolute Gasteiger partial charge is 0.254 e. The van der Waals surface area contributed by atoms with E-state index < -0.39 is 5.82 Å². The molecule has 3 rings (SSSR count). The van der Waals surface area contributed by atoms with Crippen molar-refractivity contribution in [3.8, 4) is 5.75 Å². The summed E-state index contributed by atoms with van der Waals surface area (Å²) in [6, 6.07) is 3.90. The summed E-state index contributed by atoms with van der Waals surface area (Å²) in [5.74, 6) is -1.27. The van der Waals surface area contributed by atoms with Gasteiger partial charge in [0.05, 0.1) is 19.1 Å². The van der Waals surface area contributed by atoms with Crippen molar-refractivity contribution in [2.75, 3.05) is 33.8 Å². The molecule has 1 N–H and O–H groups in total. The van der Waals surface area contributed by atoms with Gasteiger partial charge in [-0.1, -0.05) is 0 Å². The number of rotatable bonds is 4. The van der Waals surface area contributed by atoms with Gasteiger partial charge < -0.3 is 19.9 Å². The number of benzene rings is 1. The van der Waals surface area contributed by atoms with E-state index in [0.29, 0.717) is 25.2 Å². The first kappa shape index (κ1) is 17.2. The lowest BCUT2D eigenvalue weighted by Crippen LogP contribution is -2.61. The number of carbonyl (C=O) groups excluding carboxylic acids is 3. The van der Waals surface area contributed by atoms with Gasteiger partial charge in [0.15, 0.2) is 11.6 Å². The number of hydrogen-bond donors (Lipinski definition) is 1. The van der Waals surface area contributed by atoms with Crippen LogP contribution in [0.15, 0.2) is 18.2 Å². The number of carbonyl (C=O) groups is 3. The molecule has 134 valence electrons. The average Bonchev–Trinajstić information content (AvgIpc) is 2.94. The molecule has 0 bridgehead atoms. The highest BCUT2D eigenvalue weighted by Gasteiger charge is 2.43. The summed E-state index contributed by atoms with van der Waals surface area (Å²) in [6.07, 6.45) is 0.208. The maximum absolute atomic E-state index is 13.4. The first-order valence-electron chi connectivity index (χ1n) is 8.08. The summed E-state index contributed by atoms with van der Waals surface area (Å²) < 4.78 is 18.3. The molecule has 2 heterocycles. The molecule has 8 heteroatoms. The van der Waals surface area contributed by atoms with Gasteiger partial charge in [-0.15, -0.1) is 0 Å². The normalized spacial score (nSPS) is 20.4. The van der Waals surface area contributed by atoms with E-state index in [1.54, 1.807) is 16.8 Å². The maximum atomic E-state index is 13.4. The lowest BCUT2D eigenvalue weighted by molar-refractivity contribution is -0.132. The van der Waals surface area contributed by atoms with Gasteiger partial charge >= 0.3 is 0 Å². The number of hydrogen-bond acceptors (Lipinski definition) is 4. The molecule has 1 atom stereocenters. The fraction of sp³-hybridized carbons (Fsp3) is 0.471. The van der Waals surface area contributed by atoms with Crippen LogP contribution in [0.5, 0.6) is 5.75 Å². The number of nitrogens with zero attached hydrogens (tertiary/aromatic N) is 2. The minimum atomic E-state index is -0.525. The molecular weight excluding hydrogens is 329 g/mol. The van der Waals surface area contributed by atoms with E-state index in [2.05, 4.69) is 5.32 Å². The summed E-state index contributed by atoms with van der Waals surface area (Å²) in [4.78, 5) is 39.5. The molecule has 1 unspecified atom stereocenters. The molecule has 3 amide bonds. The summed E-state index contributed by atoms with van der Waals surface area (Å²) in [7, 11) is 2.89. The van der Waals surface area contributed by atoms with Crippen LogP contribution in [0.1, 0.15) is 16.8 Å². The standard InChI is InChI=1S/C17H20FN3O4/c1-19-16(23)11-6-15(22)21(7-11)12-8-20(9-12)17(24)10-3-4-13(18)14(5-10)25-2/h3-5,11-12H,6-9H2,1-2H3,(H,19,23). The number of methoxy groups -OCH3 is 1. The molecule has 7 nitrogen and oxygen atoms in total. The van der Waals surface area contributed by atoms with Crippen LogP contribution < -0.4 is 10.1 Å². The highest BCUT2D eigenvalue weighted by molar-refractivity contribution is 5.95. The molecule has 2 aliphatic rings. The van der Waals surface area contributed by atoms with Crippen molar-refractivity contribution in [1.82, 2.24) is 15.1 Å². The van der Waals surface area contributed by atoms with Gasteiger partial charge in [-0.3, -0.25) is 14.4 Å². The maximum Gasteiger partial charge on any atom is 0.254 e. The minimum absolute atomic E-state index is 0.0195. The Balaban J connectivity index is 1.60. The van der Waals surface area contributed by atoms with Crippen LogP contribution in [-0.2, 0) is 9.59 Å². The van der Waals surface area contributed by atoms with Crippen molar-refractivity contribution in [1.29, 1.82) is 0 Å². The van der Waals surface area contributed by atoms with E-state index in [-0.39, 0.29) is 41.9 Å². The van der Waals surface area contributed by atoms with Crippen LogP contribution in [0.4, 0.5) is 4.39 Å². The second kappa shape index (κ2) is 6.70. The monoisotopic (exact) mass is 349 g/mol. The van der Waals surface area contributed by atoms with E-state index in [1.807, 2.05) is 0 Å². The van der Waals surface area contributed by atoms with Crippen molar-refractivity contribution < 1.29 is 23.5 Å². The quantitative estimate of drug-likeness (QED) is 0.845. The molecule has 2 aliphatic heterocycles. The summed E-state index contributed by atoms with van der Waals surface area (Å²) >= 11 is 0. The summed E-state index contributed by atoms with van der Waals surface area (Å²) in [5, 5.41) is 2.56. The third-order valence-corrected chi connectivity index (χ3v) is 4.76. The Hall–Kier alpha value is -2.64. The fourth-order valence-corrected chi connectivity index (χ4v) is 3.26. The van der Waals surface area contributed by atoms with E-state index in [4.69, 9.17) is 4.74 Å². The van der Waals surface area contributed by atoms with Crippen LogP contribution in [-0.4, -0.2) is 67.4 Å². The molecule has 1 aromatic rings. The van der Waals surface area contributed by atoms with Crippen LogP contribution in [0.2, 0.25) is 0 Å². The molecule has 0 spiro atoms. The predicted octanol–water partition coefficient (Wildman–Crippen LogP) is 0.253. The lowest BCUT2D eigenvalue weighted by atomic mass is 10.0. The molecule has 25 heavy (non-hydrogen) atoms. The number of nitrogens with one attached hydrogen (secondary N) is 1. The molecule has 0 radical (unpaired) electrons. The summed E-state index contributed by atoms with van der Waals surface area (Å²) in [5.41, 5.74) is 0.340. The Labute approximate surface area is 144 Å². The van der Waals surface area contributed by atoms with Gasteiger partial charge in [-0.2, -0.15) is 0 Å². The molecule has 1 aromatic carbocycles. The highest BCUT2D eigenvalue weighted by atomic mass is 19.1. The Morgan fingerprint density at radius 1 is 1.28 bits per heavy atom. The van der Waals surface area contributed by atoms with Crippen LogP contribution in [0.3, 0.4) is 0 Å². The van der Waals surface area contributed by atoms with Gasteiger partial charge in [-0.05, 0) is 18.2 Å². The van der Waals surface area contributed by atoms with E-state index in [9.17, 15) is 18.8 Å². The minimum Gasteiger partial charge on any atom is -0.494 e. The predicted molar refractivity (Wildman–Crippen MR) is 86.5 cm³/mol.